The number of nitrogens with zero attached hydrogens (tertiary/aromatic N) is 1. The summed E-state index contributed by atoms with van der Waals surface area (Å²) in [6.45, 7) is 10.9. The second-order valence-corrected chi connectivity index (χ2v) is 9.77. The van der Waals surface area contributed by atoms with Crippen LogP contribution < -0.4 is 0 Å². The molecule has 0 rings (SSSR count). The normalized spacial score (nSPS) is 14.8. The highest BCUT2D eigenvalue weighted by Gasteiger charge is 2.37. The molecule has 0 radical (unpaired) electrons. The van der Waals surface area contributed by atoms with Gasteiger partial charge >= 0.3 is 0 Å². The van der Waals surface area contributed by atoms with Crippen molar-refractivity contribution in [3.05, 3.63) is 0 Å². The maximum Gasteiger partial charge on any atom is 0.192 e. The maximum absolute atomic E-state index is 8.33. The number of hydrogen-bond donors (Lipinski definition) is 1. The zero-order valence-electron chi connectivity index (χ0n) is 8.89. The Kier molecular flexibility index (Phi) is 4.42. The van der Waals surface area contributed by atoms with Gasteiger partial charge < -0.3 is 9.63 Å². The van der Waals surface area contributed by atoms with Crippen molar-refractivity contribution in [2.45, 2.75) is 38.9 Å². The summed E-state index contributed by atoms with van der Waals surface area (Å²) in [6, 6.07) is 0. The molecule has 78 valence electrons. The van der Waals surface area contributed by atoms with Crippen LogP contribution in [-0.2, 0) is 4.43 Å². The first-order chi connectivity index (χ1) is 5.70. The largest absolute Gasteiger partial charge is 0.410 e. The van der Waals surface area contributed by atoms with Crippen molar-refractivity contribution in [2.24, 2.45) is 5.16 Å². The third-order valence-electron chi connectivity index (χ3n) is 2.47. The third kappa shape index (κ3) is 4.11. The fraction of sp³-hybridized carbons (Fsp3) is 0.875. The molecule has 0 saturated carbocycles. The lowest BCUT2D eigenvalue weighted by atomic mass is 10.2. The molecule has 0 aliphatic heterocycles. The van der Waals surface area contributed by atoms with Gasteiger partial charge in [-0.2, -0.15) is 0 Å². The van der Waals surface area contributed by atoms with Gasteiger partial charge in [0.15, 0.2) is 13.5 Å². The summed E-state index contributed by atoms with van der Waals surface area (Å²) in [5, 5.41) is 11.4. The zero-order chi connectivity index (χ0) is 10.7. The molecule has 0 heterocycles. The second kappa shape index (κ2) is 4.44. The minimum absolute atomic E-state index is 0.102. The molecule has 5 heteroatoms. The van der Waals surface area contributed by atoms with Crippen molar-refractivity contribution in [1.82, 2.24) is 0 Å². The molecule has 0 amide bonds. The van der Waals surface area contributed by atoms with Crippen LogP contribution in [0.5, 0.6) is 0 Å². The first kappa shape index (κ1) is 12.9. The summed E-state index contributed by atoms with van der Waals surface area (Å²) < 4.78 is 5.66. The van der Waals surface area contributed by atoms with Gasteiger partial charge in [0, 0.05) is 0 Å². The van der Waals surface area contributed by atoms with Crippen molar-refractivity contribution in [1.29, 1.82) is 0 Å². The smallest absolute Gasteiger partial charge is 0.192 e. The molecule has 0 aliphatic rings. The number of halogens is 1. The van der Waals surface area contributed by atoms with Gasteiger partial charge in [-0.1, -0.05) is 37.5 Å². The van der Waals surface area contributed by atoms with Gasteiger partial charge in [-0.25, -0.2) is 0 Å². The van der Waals surface area contributed by atoms with Gasteiger partial charge in [-0.15, -0.1) is 0 Å². The highest BCUT2D eigenvalue weighted by atomic mass is 35.5. The molecule has 0 bridgehead atoms. The lowest BCUT2D eigenvalue weighted by molar-refractivity contribution is 0.303. The minimum atomic E-state index is -1.76. The molecule has 13 heavy (non-hydrogen) atoms. The van der Waals surface area contributed by atoms with Gasteiger partial charge in [-0.3, -0.25) is 0 Å². The van der Waals surface area contributed by atoms with Crippen LogP contribution in [-0.4, -0.2) is 25.3 Å². The summed E-state index contributed by atoms with van der Waals surface area (Å²) >= 11 is 5.52. The Balaban J connectivity index is 4.20. The molecular weight excluding hydrogens is 206 g/mol. The molecule has 0 unspecified atom stereocenters. The molecule has 0 fully saturated rings. The van der Waals surface area contributed by atoms with Crippen LogP contribution >= 0.6 is 11.6 Å². The fourth-order valence-corrected chi connectivity index (χ4v) is 1.56. The Morgan fingerprint density at radius 3 is 2.23 bits per heavy atom. The predicted molar refractivity (Wildman–Crippen MR) is 58.2 cm³/mol. The molecule has 0 aromatic carbocycles. The fourth-order valence-electron chi connectivity index (χ4n) is 0.485. The van der Waals surface area contributed by atoms with Gasteiger partial charge in [0.2, 0.25) is 0 Å². The summed E-state index contributed by atoms with van der Waals surface area (Å²) in [7, 11) is -1.76. The highest BCUT2D eigenvalue weighted by Crippen LogP contribution is 2.36. The summed E-state index contributed by atoms with van der Waals surface area (Å²) in [6.07, 6.45) is 0. The molecule has 0 spiro atoms. The summed E-state index contributed by atoms with van der Waals surface area (Å²) in [4.78, 5) is 0. The van der Waals surface area contributed by atoms with E-state index in [4.69, 9.17) is 21.2 Å². The van der Waals surface area contributed by atoms with Crippen LogP contribution in [0, 0.1) is 0 Å². The molecule has 0 aromatic heterocycles. The van der Waals surface area contributed by atoms with Crippen molar-refractivity contribution < 1.29 is 9.63 Å². The highest BCUT2D eigenvalue weighted by molar-refractivity contribution is 6.74. The Labute approximate surface area is 85.9 Å². The predicted octanol–water partition coefficient (Wildman–Crippen LogP) is 3.03. The molecule has 1 N–H and O–H groups in total. The van der Waals surface area contributed by atoms with E-state index in [1.54, 1.807) is 0 Å². The number of rotatable bonds is 3. The van der Waals surface area contributed by atoms with E-state index in [1.165, 1.54) is 0 Å². The van der Waals surface area contributed by atoms with Crippen molar-refractivity contribution in [2.75, 3.05) is 6.61 Å². The Hall–Kier alpha value is -0.0631. The van der Waals surface area contributed by atoms with E-state index in [0.29, 0.717) is 0 Å². The summed E-state index contributed by atoms with van der Waals surface area (Å²) in [5.74, 6) is 0. The van der Waals surface area contributed by atoms with E-state index in [2.05, 4.69) is 39.0 Å². The monoisotopic (exact) mass is 223 g/mol. The van der Waals surface area contributed by atoms with E-state index in [0.717, 1.165) is 0 Å². The van der Waals surface area contributed by atoms with Crippen LogP contribution in [0.3, 0.4) is 0 Å². The zero-order valence-corrected chi connectivity index (χ0v) is 10.6. The molecule has 0 aliphatic carbocycles. The summed E-state index contributed by atoms with van der Waals surface area (Å²) in [5.41, 5.74) is 0. The van der Waals surface area contributed by atoms with E-state index in [-0.39, 0.29) is 16.8 Å². The standard InChI is InChI=1S/C8H18ClNO2Si/c1-8(2,3)13(4,5)12-6-7(9)10-11/h11H,6H2,1-5H3/b10-7-. The minimum Gasteiger partial charge on any atom is -0.410 e. The molecule has 0 saturated heterocycles. The van der Waals surface area contributed by atoms with Gasteiger partial charge in [-0.05, 0) is 18.1 Å². The Morgan fingerprint density at radius 1 is 1.46 bits per heavy atom. The second-order valence-electron chi connectivity index (χ2n) is 4.53. The van der Waals surface area contributed by atoms with Crippen LogP contribution in [0.4, 0.5) is 0 Å². The Bertz CT molecular complexity index is 199. The number of hydrogen-bond acceptors (Lipinski definition) is 3. The lowest BCUT2D eigenvalue weighted by Gasteiger charge is -2.35. The van der Waals surface area contributed by atoms with E-state index in [9.17, 15) is 0 Å². The van der Waals surface area contributed by atoms with Gasteiger partial charge in [0.05, 0.1) is 6.61 Å². The van der Waals surface area contributed by atoms with Gasteiger partial charge in [0.25, 0.3) is 0 Å². The van der Waals surface area contributed by atoms with Crippen LogP contribution in [0.25, 0.3) is 0 Å². The van der Waals surface area contributed by atoms with Crippen molar-refractivity contribution >= 4 is 25.1 Å². The van der Waals surface area contributed by atoms with E-state index < -0.39 is 8.32 Å². The average molecular weight is 224 g/mol. The van der Waals surface area contributed by atoms with Crippen LogP contribution in [0.2, 0.25) is 18.1 Å². The van der Waals surface area contributed by atoms with Crippen LogP contribution in [0.15, 0.2) is 5.16 Å². The van der Waals surface area contributed by atoms with E-state index in [1.807, 2.05) is 0 Å². The van der Waals surface area contributed by atoms with E-state index >= 15 is 0 Å². The molecular formula is C8H18ClNO2Si. The van der Waals surface area contributed by atoms with Crippen molar-refractivity contribution in [3.8, 4) is 0 Å². The first-order valence-corrected chi connectivity index (χ1v) is 7.50. The third-order valence-corrected chi connectivity index (χ3v) is 7.13. The van der Waals surface area contributed by atoms with Crippen LogP contribution in [0.1, 0.15) is 20.8 Å². The van der Waals surface area contributed by atoms with Gasteiger partial charge in [0.1, 0.15) is 0 Å². The molecule has 3 nitrogen and oxygen atoms in total. The Morgan fingerprint density at radius 2 is 1.92 bits per heavy atom. The molecule has 0 aromatic rings. The topological polar surface area (TPSA) is 41.8 Å². The maximum atomic E-state index is 8.33. The quantitative estimate of drug-likeness (QED) is 0.346. The average Bonchev–Trinajstić information content (AvgIpc) is 1.98. The number of oxime groups is 1. The van der Waals surface area contributed by atoms with Crippen molar-refractivity contribution in [3.63, 3.8) is 0 Å². The molecule has 0 atom stereocenters. The first-order valence-electron chi connectivity index (χ1n) is 4.21. The SMILES string of the molecule is CC(C)(C)[Si](C)(C)OC/C(Cl)=N/O. The lowest BCUT2D eigenvalue weighted by Crippen LogP contribution is -2.41.